The van der Waals surface area contributed by atoms with Crippen LogP contribution in [0.25, 0.3) is 32.9 Å². The van der Waals surface area contributed by atoms with Crippen LogP contribution in [-0.2, 0) is 36.4 Å². The molecule has 8 rings (SSSR count). The minimum absolute atomic E-state index is 0.0363. The van der Waals surface area contributed by atoms with Crippen molar-refractivity contribution in [1.29, 1.82) is 0 Å². The van der Waals surface area contributed by atoms with Gasteiger partial charge in [-0.2, -0.15) is 5.10 Å². The summed E-state index contributed by atoms with van der Waals surface area (Å²) in [5.41, 5.74) is 12.0. The molecular weight excluding hydrogens is 759 g/mol. The molecule has 5 aromatic rings. The van der Waals surface area contributed by atoms with Gasteiger partial charge in [0.25, 0.3) is 5.91 Å². The van der Waals surface area contributed by atoms with E-state index in [9.17, 15) is 4.79 Å². The minimum Gasteiger partial charge on any atom is -0.379 e. The number of aryl methyl sites for hydroxylation is 4. The Morgan fingerprint density at radius 3 is 2.47 bits per heavy atom. The van der Waals surface area contributed by atoms with Gasteiger partial charge >= 0.3 is 0 Å². The smallest absolute Gasteiger partial charge is 0.275 e. The van der Waals surface area contributed by atoms with Gasteiger partial charge in [-0.05, 0) is 101 Å². The fourth-order valence-corrected chi connectivity index (χ4v) is 9.76. The molecule has 12 heteroatoms. The predicted molar refractivity (Wildman–Crippen MR) is 229 cm³/mol. The molecule has 2 atom stereocenters. The maximum absolute atomic E-state index is 15.5. The summed E-state index contributed by atoms with van der Waals surface area (Å²) in [6, 6.07) is 10.2. The largest absolute Gasteiger partial charge is 0.379 e. The van der Waals surface area contributed by atoms with Crippen LogP contribution < -0.4 is 4.90 Å². The van der Waals surface area contributed by atoms with E-state index in [4.69, 9.17) is 37.8 Å². The van der Waals surface area contributed by atoms with E-state index in [2.05, 4.69) is 54.5 Å². The number of anilines is 1. The van der Waals surface area contributed by atoms with E-state index in [-0.39, 0.29) is 18.1 Å². The topological polar surface area (TPSA) is 86.8 Å². The standard InChI is InChI=1S/C45H52Cl2N6O4/c1-26-19-34(20-27(2)41(26)47)57-16-8-9-35-36-10-11-37(46)40(39-29(4)48-50(7)30(39)5)43(36)53-28(3)24-52(45(55)44(35)53)38-22-31(12-13-51-14-17-56-18-15-51)21-32-23-33(25-54)49(6)42(32)38/h10-11,19,21-23,25,28,34H,8-9,12-18,20,24H2,1-7H3/t28-,34?/m1/s1. The van der Waals surface area contributed by atoms with Crippen molar-refractivity contribution in [2.45, 2.75) is 72.4 Å². The number of allylic oxidation sites excluding steroid dienone is 2. The highest BCUT2D eigenvalue weighted by Crippen LogP contribution is 2.46. The first-order valence-corrected chi connectivity index (χ1v) is 20.8. The first-order valence-electron chi connectivity index (χ1n) is 20.1. The molecule has 1 amide bonds. The molecule has 2 aliphatic heterocycles. The fraction of sp³-hybridized carbons (Fsp3) is 0.444. The zero-order valence-electron chi connectivity index (χ0n) is 34.0. The Morgan fingerprint density at radius 1 is 1.00 bits per heavy atom. The number of amides is 1. The molecule has 0 radical (unpaired) electrons. The predicted octanol–water partition coefficient (Wildman–Crippen LogP) is 8.89. The van der Waals surface area contributed by atoms with Crippen molar-refractivity contribution in [1.82, 2.24) is 23.8 Å². The van der Waals surface area contributed by atoms with Gasteiger partial charge in [-0.3, -0.25) is 19.2 Å². The van der Waals surface area contributed by atoms with Crippen molar-refractivity contribution < 1.29 is 19.1 Å². The van der Waals surface area contributed by atoms with Crippen molar-refractivity contribution >= 4 is 62.9 Å². The van der Waals surface area contributed by atoms with Gasteiger partial charge in [0.15, 0.2) is 6.29 Å². The minimum atomic E-state index is -0.104. The molecule has 0 N–H and O–H groups in total. The summed E-state index contributed by atoms with van der Waals surface area (Å²) in [5, 5.41) is 8.18. The number of morpholine rings is 1. The summed E-state index contributed by atoms with van der Waals surface area (Å²) >= 11 is 13.7. The number of halogens is 2. The third kappa shape index (κ3) is 7.07. The van der Waals surface area contributed by atoms with Gasteiger partial charge in [0, 0.05) is 85.5 Å². The second kappa shape index (κ2) is 15.9. The van der Waals surface area contributed by atoms with Crippen molar-refractivity contribution in [3.63, 3.8) is 0 Å². The molecule has 5 heterocycles. The second-order valence-corrected chi connectivity index (χ2v) is 16.9. The molecule has 0 saturated carbocycles. The number of ether oxygens (including phenoxy) is 2. The zero-order valence-corrected chi connectivity index (χ0v) is 35.6. The highest BCUT2D eigenvalue weighted by molar-refractivity contribution is 6.35. The van der Waals surface area contributed by atoms with Gasteiger partial charge in [0.1, 0.15) is 5.69 Å². The average Bonchev–Trinajstić information content (AvgIpc) is 3.80. The van der Waals surface area contributed by atoms with Crippen molar-refractivity contribution in [3.05, 3.63) is 91.5 Å². The van der Waals surface area contributed by atoms with Gasteiger partial charge in [0.2, 0.25) is 0 Å². The molecule has 57 heavy (non-hydrogen) atoms. The summed E-state index contributed by atoms with van der Waals surface area (Å²) < 4.78 is 18.1. The normalized spacial score (nSPS) is 19.3. The van der Waals surface area contributed by atoms with E-state index in [1.54, 1.807) is 0 Å². The van der Waals surface area contributed by atoms with Gasteiger partial charge in [0.05, 0.1) is 52.4 Å². The lowest BCUT2D eigenvalue weighted by Crippen LogP contribution is -2.43. The van der Waals surface area contributed by atoms with E-state index in [1.165, 1.54) is 0 Å². The van der Waals surface area contributed by atoms with Crippen LogP contribution in [0.1, 0.15) is 83.1 Å². The summed E-state index contributed by atoms with van der Waals surface area (Å²) in [6.45, 7) is 15.5. The van der Waals surface area contributed by atoms with E-state index in [0.29, 0.717) is 36.0 Å². The number of benzene rings is 2. The first kappa shape index (κ1) is 39.6. The quantitative estimate of drug-likeness (QED) is 0.0979. The third-order valence-corrected chi connectivity index (χ3v) is 13.3. The lowest BCUT2D eigenvalue weighted by atomic mass is 9.98. The van der Waals surface area contributed by atoms with E-state index in [0.717, 1.165) is 136 Å². The third-order valence-electron chi connectivity index (χ3n) is 12.3. The number of fused-ring (bicyclic) bond motifs is 4. The van der Waals surface area contributed by atoms with Crippen LogP contribution in [0.15, 0.2) is 52.6 Å². The number of carbonyl (C=O) groups excluding carboxylic acids is 2. The van der Waals surface area contributed by atoms with E-state index in [1.807, 2.05) is 54.2 Å². The fourth-order valence-electron chi connectivity index (χ4n) is 9.38. The molecular formula is C45H52Cl2N6O4. The van der Waals surface area contributed by atoms with Crippen molar-refractivity contribution in [2.75, 3.05) is 50.9 Å². The Bertz CT molecular complexity index is 2480. The van der Waals surface area contributed by atoms with Gasteiger partial charge in [-0.1, -0.05) is 40.9 Å². The number of hydrogen-bond acceptors (Lipinski definition) is 6. The Morgan fingerprint density at radius 2 is 1.77 bits per heavy atom. The molecule has 1 fully saturated rings. The first-order chi connectivity index (χ1) is 27.4. The van der Waals surface area contributed by atoms with Crippen LogP contribution >= 0.6 is 23.2 Å². The lowest BCUT2D eigenvalue weighted by molar-refractivity contribution is 0.0384. The highest BCUT2D eigenvalue weighted by atomic mass is 35.5. The summed E-state index contributed by atoms with van der Waals surface area (Å²) in [4.78, 5) is 32.1. The summed E-state index contributed by atoms with van der Waals surface area (Å²) in [7, 11) is 3.86. The molecule has 3 aromatic heterocycles. The second-order valence-electron chi connectivity index (χ2n) is 16.1. The van der Waals surface area contributed by atoms with Crippen LogP contribution in [0.4, 0.5) is 5.69 Å². The van der Waals surface area contributed by atoms with Gasteiger partial charge < -0.3 is 23.5 Å². The molecule has 10 nitrogen and oxygen atoms in total. The summed E-state index contributed by atoms with van der Waals surface area (Å²) in [6.07, 6.45) is 5.90. The molecule has 0 spiro atoms. The van der Waals surface area contributed by atoms with E-state index >= 15 is 4.79 Å². The van der Waals surface area contributed by atoms with Crippen LogP contribution in [0.2, 0.25) is 5.02 Å². The zero-order chi connectivity index (χ0) is 40.3. The Kier molecular flexibility index (Phi) is 11.0. The van der Waals surface area contributed by atoms with Crippen LogP contribution in [0.5, 0.6) is 0 Å². The SMILES string of the molecule is CC1=CC(OCCCc2c3n(c4c(-c5c(C)nn(C)c5C)c(Cl)ccc24)[C@H](C)CN(c2cc(CCN4CCOCC4)cc4cc(C=O)n(C)c24)C3=O)CC(C)=C1Cl. The lowest BCUT2D eigenvalue weighted by Gasteiger charge is -2.35. The monoisotopic (exact) mass is 810 g/mol. The van der Waals surface area contributed by atoms with Gasteiger partial charge in [-0.25, -0.2) is 0 Å². The van der Waals surface area contributed by atoms with Crippen molar-refractivity contribution in [2.24, 2.45) is 14.1 Å². The number of carbonyl (C=O) groups is 2. The summed E-state index contributed by atoms with van der Waals surface area (Å²) in [5.74, 6) is -0.0661. The van der Waals surface area contributed by atoms with E-state index < -0.39 is 0 Å². The molecule has 3 aliphatic rings. The average molecular weight is 812 g/mol. The number of aldehydes is 1. The van der Waals surface area contributed by atoms with Gasteiger partial charge in [-0.15, -0.1) is 0 Å². The Hall–Kier alpha value is -4.19. The molecule has 1 saturated heterocycles. The molecule has 1 unspecified atom stereocenters. The van der Waals surface area contributed by atoms with Crippen LogP contribution in [0.3, 0.4) is 0 Å². The highest BCUT2D eigenvalue weighted by Gasteiger charge is 2.38. The number of nitrogens with zero attached hydrogens (tertiary/aromatic N) is 6. The Labute approximate surface area is 344 Å². The number of rotatable bonds is 11. The maximum Gasteiger partial charge on any atom is 0.275 e. The number of aromatic nitrogens is 4. The van der Waals surface area contributed by atoms with Crippen LogP contribution in [-0.4, -0.2) is 88.1 Å². The molecule has 2 aromatic carbocycles. The number of hydrogen-bond donors (Lipinski definition) is 0. The molecule has 300 valence electrons. The van der Waals surface area contributed by atoms with Crippen molar-refractivity contribution in [3.8, 4) is 11.1 Å². The Balaban J connectivity index is 1.23. The van der Waals surface area contributed by atoms with Crippen LogP contribution in [0, 0.1) is 13.8 Å². The molecule has 0 bridgehead atoms. The maximum atomic E-state index is 15.5. The molecule has 1 aliphatic carbocycles.